The average Bonchev–Trinajstić information content (AvgIpc) is 2.87. The Kier molecular flexibility index (Phi) is 5.24. The van der Waals surface area contributed by atoms with Gasteiger partial charge >= 0.3 is 0 Å². The molecule has 7 heteroatoms. The van der Waals surface area contributed by atoms with E-state index in [1.807, 2.05) is 17.6 Å². The molecule has 1 aromatic heterocycles. The SMILES string of the molecule is CCn1c(CCNC(=O)[C@@H](O)c2ccccc2)n[nH]c1=S. The minimum absolute atomic E-state index is 0.391. The number of nitrogens with zero attached hydrogens (tertiary/aromatic N) is 2. The van der Waals surface area contributed by atoms with Gasteiger partial charge in [-0.1, -0.05) is 30.3 Å². The van der Waals surface area contributed by atoms with Crippen LogP contribution in [0.2, 0.25) is 0 Å². The summed E-state index contributed by atoms with van der Waals surface area (Å²) in [6.07, 6.45) is -0.605. The number of nitrogens with one attached hydrogen (secondary N) is 2. The Bertz CT molecular complexity index is 650. The van der Waals surface area contributed by atoms with E-state index < -0.39 is 12.0 Å². The number of amides is 1. The Morgan fingerprint density at radius 2 is 2.19 bits per heavy atom. The molecular weight excluding hydrogens is 288 g/mol. The molecule has 2 rings (SSSR count). The van der Waals surface area contributed by atoms with Crippen molar-refractivity contribution in [1.29, 1.82) is 0 Å². The third kappa shape index (κ3) is 3.77. The predicted molar refractivity (Wildman–Crippen MR) is 81.2 cm³/mol. The molecule has 0 aliphatic carbocycles. The number of carbonyl (C=O) groups is 1. The molecule has 0 saturated heterocycles. The maximum atomic E-state index is 11.9. The van der Waals surface area contributed by atoms with E-state index in [2.05, 4.69) is 15.5 Å². The lowest BCUT2D eigenvalue weighted by atomic mass is 10.1. The molecule has 2 aromatic rings. The van der Waals surface area contributed by atoms with Crippen LogP contribution in [-0.4, -0.2) is 32.3 Å². The van der Waals surface area contributed by atoms with Crippen molar-refractivity contribution in [3.63, 3.8) is 0 Å². The van der Waals surface area contributed by atoms with E-state index in [1.54, 1.807) is 24.3 Å². The number of aromatic nitrogens is 3. The summed E-state index contributed by atoms with van der Waals surface area (Å²) in [5.41, 5.74) is 0.575. The zero-order valence-corrected chi connectivity index (χ0v) is 12.6. The third-order valence-electron chi connectivity index (χ3n) is 3.17. The second-order valence-corrected chi connectivity index (χ2v) is 4.93. The fourth-order valence-electron chi connectivity index (χ4n) is 2.05. The van der Waals surface area contributed by atoms with Crippen LogP contribution in [-0.2, 0) is 17.8 Å². The molecule has 1 atom stereocenters. The second kappa shape index (κ2) is 7.14. The van der Waals surface area contributed by atoms with Crippen LogP contribution in [0, 0.1) is 4.77 Å². The summed E-state index contributed by atoms with van der Waals surface area (Å²) in [5, 5.41) is 19.5. The molecule has 112 valence electrons. The topological polar surface area (TPSA) is 82.9 Å². The average molecular weight is 306 g/mol. The third-order valence-corrected chi connectivity index (χ3v) is 3.48. The van der Waals surface area contributed by atoms with Gasteiger partial charge in [-0.05, 0) is 24.7 Å². The highest BCUT2D eigenvalue weighted by Crippen LogP contribution is 2.11. The lowest BCUT2D eigenvalue weighted by Gasteiger charge is -2.11. The Balaban J connectivity index is 1.88. The lowest BCUT2D eigenvalue weighted by molar-refractivity contribution is -0.129. The second-order valence-electron chi connectivity index (χ2n) is 4.54. The van der Waals surface area contributed by atoms with Crippen LogP contribution < -0.4 is 5.32 Å². The van der Waals surface area contributed by atoms with E-state index in [4.69, 9.17) is 12.2 Å². The molecule has 0 saturated carbocycles. The Hall–Kier alpha value is -1.99. The normalized spacial score (nSPS) is 12.1. The van der Waals surface area contributed by atoms with Crippen molar-refractivity contribution in [2.75, 3.05) is 6.54 Å². The van der Waals surface area contributed by atoms with Gasteiger partial charge in [-0.25, -0.2) is 0 Å². The van der Waals surface area contributed by atoms with E-state index in [0.717, 1.165) is 12.4 Å². The number of hydrogen-bond acceptors (Lipinski definition) is 4. The van der Waals surface area contributed by atoms with Crippen LogP contribution in [0.1, 0.15) is 24.4 Å². The van der Waals surface area contributed by atoms with Gasteiger partial charge in [-0.2, -0.15) is 5.10 Å². The minimum atomic E-state index is -1.15. The first-order chi connectivity index (χ1) is 10.1. The van der Waals surface area contributed by atoms with Crippen molar-refractivity contribution in [2.45, 2.75) is 26.0 Å². The highest BCUT2D eigenvalue weighted by atomic mass is 32.1. The number of aliphatic hydroxyl groups excluding tert-OH is 1. The summed E-state index contributed by atoms with van der Waals surface area (Å²) in [4.78, 5) is 11.9. The highest BCUT2D eigenvalue weighted by molar-refractivity contribution is 7.71. The summed E-state index contributed by atoms with van der Waals surface area (Å²) < 4.78 is 2.44. The van der Waals surface area contributed by atoms with Crippen LogP contribution in [0.5, 0.6) is 0 Å². The molecule has 1 amide bonds. The smallest absolute Gasteiger partial charge is 0.253 e. The molecule has 0 radical (unpaired) electrons. The van der Waals surface area contributed by atoms with Crippen molar-refractivity contribution in [1.82, 2.24) is 20.1 Å². The molecule has 1 aromatic carbocycles. The standard InChI is InChI=1S/C14H18N4O2S/c1-2-18-11(16-17-14(18)21)8-9-15-13(20)12(19)10-6-4-3-5-7-10/h3-7,12,19H,2,8-9H2,1H3,(H,15,20)(H,17,21)/t12-/m0/s1. The van der Waals surface area contributed by atoms with Gasteiger partial charge in [0.05, 0.1) is 0 Å². The zero-order chi connectivity index (χ0) is 15.2. The minimum Gasteiger partial charge on any atom is -0.378 e. The molecule has 0 aliphatic heterocycles. The van der Waals surface area contributed by atoms with Crippen molar-refractivity contribution in [3.8, 4) is 0 Å². The molecular formula is C14H18N4O2S. The summed E-state index contributed by atoms with van der Waals surface area (Å²) in [6, 6.07) is 8.83. The molecule has 6 nitrogen and oxygen atoms in total. The van der Waals surface area contributed by atoms with Crippen molar-refractivity contribution in [2.24, 2.45) is 0 Å². The maximum Gasteiger partial charge on any atom is 0.253 e. The van der Waals surface area contributed by atoms with Crippen LogP contribution in [0.4, 0.5) is 0 Å². The zero-order valence-electron chi connectivity index (χ0n) is 11.7. The molecule has 0 spiro atoms. The van der Waals surface area contributed by atoms with Gasteiger partial charge in [0.15, 0.2) is 10.9 Å². The highest BCUT2D eigenvalue weighted by Gasteiger charge is 2.16. The monoisotopic (exact) mass is 306 g/mol. The van der Waals surface area contributed by atoms with Gasteiger partial charge in [-0.3, -0.25) is 9.89 Å². The molecule has 0 bridgehead atoms. The summed E-state index contributed by atoms with van der Waals surface area (Å²) in [6.45, 7) is 3.10. The Morgan fingerprint density at radius 3 is 2.86 bits per heavy atom. The van der Waals surface area contributed by atoms with E-state index in [9.17, 15) is 9.90 Å². The van der Waals surface area contributed by atoms with Gasteiger partial charge in [0.2, 0.25) is 0 Å². The molecule has 0 fully saturated rings. The van der Waals surface area contributed by atoms with Crippen LogP contribution in [0.25, 0.3) is 0 Å². The van der Waals surface area contributed by atoms with Crippen molar-refractivity contribution >= 4 is 18.1 Å². The quantitative estimate of drug-likeness (QED) is 0.704. The number of carbonyl (C=O) groups excluding carboxylic acids is 1. The number of aromatic amines is 1. The Morgan fingerprint density at radius 1 is 1.48 bits per heavy atom. The predicted octanol–water partition coefficient (Wildman–Crippen LogP) is 1.35. The molecule has 0 aliphatic rings. The lowest BCUT2D eigenvalue weighted by Crippen LogP contribution is -2.31. The van der Waals surface area contributed by atoms with Gasteiger partial charge < -0.3 is 15.0 Å². The summed E-state index contributed by atoms with van der Waals surface area (Å²) >= 11 is 5.10. The Labute approximate surface area is 127 Å². The van der Waals surface area contributed by atoms with Gasteiger partial charge in [-0.15, -0.1) is 0 Å². The molecule has 21 heavy (non-hydrogen) atoms. The summed E-state index contributed by atoms with van der Waals surface area (Å²) in [7, 11) is 0. The number of aliphatic hydroxyl groups is 1. The number of benzene rings is 1. The fourth-order valence-corrected chi connectivity index (χ4v) is 2.33. The number of H-pyrrole nitrogens is 1. The van der Waals surface area contributed by atoms with Crippen LogP contribution >= 0.6 is 12.2 Å². The van der Waals surface area contributed by atoms with Gasteiger partial charge in [0.1, 0.15) is 5.82 Å². The number of hydrogen-bond donors (Lipinski definition) is 3. The van der Waals surface area contributed by atoms with Crippen molar-refractivity contribution in [3.05, 3.63) is 46.5 Å². The van der Waals surface area contributed by atoms with E-state index in [0.29, 0.717) is 23.3 Å². The van der Waals surface area contributed by atoms with E-state index in [-0.39, 0.29) is 0 Å². The first-order valence-electron chi connectivity index (χ1n) is 6.78. The molecule has 0 unspecified atom stereocenters. The van der Waals surface area contributed by atoms with Crippen LogP contribution in [0.3, 0.4) is 0 Å². The van der Waals surface area contributed by atoms with E-state index in [1.165, 1.54) is 0 Å². The van der Waals surface area contributed by atoms with Crippen LogP contribution in [0.15, 0.2) is 30.3 Å². The number of rotatable bonds is 6. The maximum absolute atomic E-state index is 11.9. The van der Waals surface area contributed by atoms with Gasteiger partial charge in [0.25, 0.3) is 5.91 Å². The van der Waals surface area contributed by atoms with E-state index >= 15 is 0 Å². The first kappa shape index (κ1) is 15.4. The fraction of sp³-hybridized carbons (Fsp3) is 0.357. The molecule has 3 N–H and O–H groups in total. The van der Waals surface area contributed by atoms with Gasteiger partial charge in [0, 0.05) is 19.5 Å². The van der Waals surface area contributed by atoms with Crippen molar-refractivity contribution < 1.29 is 9.90 Å². The summed E-state index contributed by atoms with van der Waals surface area (Å²) in [5.74, 6) is 0.371. The largest absolute Gasteiger partial charge is 0.378 e. The first-order valence-corrected chi connectivity index (χ1v) is 7.19. The molecule has 1 heterocycles.